The molecule has 0 saturated carbocycles. The van der Waals surface area contributed by atoms with E-state index in [0.29, 0.717) is 23.4 Å². The lowest BCUT2D eigenvalue weighted by molar-refractivity contribution is -0.144. The van der Waals surface area contributed by atoms with Crippen LogP contribution in [-0.2, 0) is 4.79 Å². The summed E-state index contributed by atoms with van der Waals surface area (Å²) in [7, 11) is 0. The van der Waals surface area contributed by atoms with Gasteiger partial charge in [-0.25, -0.2) is 0 Å². The van der Waals surface area contributed by atoms with Crippen molar-refractivity contribution in [2.45, 2.75) is 27.2 Å². The quantitative estimate of drug-likeness (QED) is 0.662. The highest BCUT2D eigenvalue weighted by Gasteiger charge is 2.28. The van der Waals surface area contributed by atoms with E-state index in [4.69, 9.17) is 4.74 Å². The van der Waals surface area contributed by atoms with Crippen molar-refractivity contribution >= 4 is 17.6 Å². The molecule has 1 N–H and O–H groups in total. The molecule has 0 atom stereocenters. The van der Waals surface area contributed by atoms with Crippen LogP contribution in [0.15, 0.2) is 54.6 Å². The minimum atomic E-state index is -0.573. The van der Waals surface area contributed by atoms with E-state index in [-0.39, 0.29) is 11.9 Å². The van der Waals surface area contributed by atoms with Gasteiger partial charge in [0, 0.05) is 5.56 Å². The molecule has 4 heteroatoms. The highest BCUT2D eigenvalue weighted by molar-refractivity contribution is 6.05. The summed E-state index contributed by atoms with van der Waals surface area (Å²) in [4.78, 5) is 24.5. The minimum Gasteiger partial charge on any atom is -0.424 e. The molecule has 0 heterocycles. The van der Waals surface area contributed by atoms with Crippen LogP contribution in [0.25, 0.3) is 0 Å². The van der Waals surface area contributed by atoms with Crippen LogP contribution in [0.4, 0.5) is 5.69 Å². The normalized spacial score (nSPS) is 10.9. The van der Waals surface area contributed by atoms with Gasteiger partial charge in [-0.05, 0) is 44.5 Å². The predicted octanol–water partition coefficient (Wildman–Crippen LogP) is 4.28. The molecule has 0 aliphatic carbocycles. The Kier molecular flexibility index (Phi) is 5.16. The van der Waals surface area contributed by atoms with Gasteiger partial charge in [0.15, 0.2) is 5.75 Å². The van der Waals surface area contributed by atoms with Crippen LogP contribution in [0, 0.1) is 5.41 Å². The monoisotopic (exact) mass is 311 g/mol. The Hall–Kier alpha value is -2.62. The molecule has 120 valence electrons. The average Bonchev–Trinajstić information content (AvgIpc) is 2.57. The standard InChI is InChI=1S/C19H21NO3/c1-4-19(2,3)18(22)23-16-13-9-8-12-15(16)20-17(21)14-10-6-5-7-11-14/h5-13H,4H2,1-3H3,(H,20,21). The first-order valence-electron chi connectivity index (χ1n) is 7.62. The molecule has 0 fully saturated rings. The predicted molar refractivity (Wildman–Crippen MR) is 90.5 cm³/mol. The van der Waals surface area contributed by atoms with Gasteiger partial charge >= 0.3 is 5.97 Å². The maximum Gasteiger partial charge on any atom is 0.316 e. The van der Waals surface area contributed by atoms with Gasteiger partial charge in [-0.1, -0.05) is 37.3 Å². The van der Waals surface area contributed by atoms with Crippen molar-refractivity contribution in [2.75, 3.05) is 5.32 Å². The zero-order valence-corrected chi connectivity index (χ0v) is 13.6. The zero-order valence-electron chi connectivity index (χ0n) is 13.6. The molecule has 2 aromatic carbocycles. The van der Waals surface area contributed by atoms with Gasteiger partial charge in [-0.2, -0.15) is 0 Å². The molecule has 4 nitrogen and oxygen atoms in total. The van der Waals surface area contributed by atoms with Crippen molar-refractivity contribution in [2.24, 2.45) is 5.41 Å². The number of rotatable bonds is 5. The lowest BCUT2D eigenvalue weighted by atomic mass is 9.91. The number of esters is 1. The van der Waals surface area contributed by atoms with Gasteiger partial charge in [0.25, 0.3) is 5.91 Å². The van der Waals surface area contributed by atoms with E-state index in [1.54, 1.807) is 48.5 Å². The second-order valence-electron chi connectivity index (χ2n) is 5.94. The fourth-order valence-electron chi connectivity index (χ4n) is 1.83. The van der Waals surface area contributed by atoms with Gasteiger partial charge in [-0.3, -0.25) is 9.59 Å². The summed E-state index contributed by atoms with van der Waals surface area (Å²) < 4.78 is 5.48. The maximum atomic E-state index is 12.3. The number of carbonyl (C=O) groups excluding carboxylic acids is 2. The summed E-state index contributed by atoms with van der Waals surface area (Å²) in [6.45, 7) is 5.60. The Bertz CT molecular complexity index is 693. The van der Waals surface area contributed by atoms with E-state index in [1.165, 1.54) is 0 Å². The maximum absolute atomic E-state index is 12.3. The number of carbonyl (C=O) groups is 2. The number of para-hydroxylation sites is 2. The first-order valence-corrected chi connectivity index (χ1v) is 7.62. The molecule has 2 rings (SSSR count). The van der Waals surface area contributed by atoms with Crippen molar-refractivity contribution in [3.05, 3.63) is 60.2 Å². The highest BCUT2D eigenvalue weighted by Crippen LogP contribution is 2.29. The third-order valence-electron chi connectivity index (χ3n) is 3.81. The zero-order chi connectivity index (χ0) is 16.9. The van der Waals surface area contributed by atoms with Gasteiger partial charge in [0.05, 0.1) is 11.1 Å². The minimum absolute atomic E-state index is 0.246. The molecule has 0 radical (unpaired) electrons. The highest BCUT2D eigenvalue weighted by atomic mass is 16.5. The summed E-state index contributed by atoms with van der Waals surface area (Å²) in [5.41, 5.74) is 0.445. The Morgan fingerprint density at radius 3 is 2.26 bits per heavy atom. The molecule has 1 amide bonds. The van der Waals surface area contributed by atoms with E-state index in [2.05, 4.69) is 5.32 Å². The van der Waals surface area contributed by atoms with Gasteiger partial charge in [0.2, 0.25) is 0 Å². The van der Waals surface area contributed by atoms with Crippen LogP contribution >= 0.6 is 0 Å². The topological polar surface area (TPSA) is 55.4 Å². The Labute approximate surface area is 136 Å². The Morgan fingerprint density at radius 1 is 1.00 bits per heavy atom. The second-order valence-corrected chi connectivity index (χ2v) is 5.94. The summed E-state index contributed by atoms with van der Waals surface area (Å²) in [5, 5.41) is 2.79. The number of amides is 1. The van der Waals surface area contributed by atoms with Gasteiger partial charge in [0.1, 0.15) is 0 Å². The molecule has 0 spiro atoms. The SMILES string of the molecule is CCC(C)(C)C(=O)Oc1ccccc1NC(=O)c1ccccc1. The van der Waals surface area contributed by atoms with Crippen molar-refractivity contribution in [1.29, 1.82) is 0 Å². The molecule has 0 aromatic heterocycles. The van der Waals surface area contributed by atoms with Crippen LogP contribution in [-0.4, -0.2) is 11.9 Å². The van der Waals surface area contributed by atoms with Crippen LogP contribution in [0.5, 0.6) is 5.75 Å². The first kappa shape index (κ1) is 16.7. The van der Waals surface area contributed by atoms with Crippen molar-refractivity contribution in [3.63, 3.8) is 0 Å². The molecular formula is C19H21NO3. The first-order chi connectivity index (χ1) is 10.9. The number of anilines is 1. The summed E-state index contributed by atoms with van der Waals surface area (Å²) in [6, 6.07) is 15.8. The molecular weight excluding hydrogens is 290 g/mol. The fourth-order valence-corrected chi connectivity index (χ4v) is 1.83. The number of hydrogen-bond acceptors (Lipinski definition) is 3. The third-order valence-corrected chi connectivity index (χ3v) is 3.81. The molecule has 23 heavy (non-hydrogen) atoms. The molecule has 2 aromatic rings. The van der Waals surface area contributed by atoms with Gasteiger partial charge in [-0.15, -0.1) is 0 Å². The van der Waals surface area contributed by atoms with E-state index >= 15 is 0 Å². The second kappa shape index (κ2) is 7.09. The summed E-state index contributed by atoms with van der Waals surface area (Å²) in [5.74, 6) is -0.214. The lowest BCUT2D eigenvalue weighted by Crippen LogP contribution is -2.28. The molecule has 0 aliphatic rings. The molecule has 0 bridgehead atoms. The van der Waals surface area contributed by atoms with E-state index in [9.17, 15) is 9.59 Å². The lowest BCUT2D eigenvalue weighted by Gasteiger charge is -2.21. The van der Waals surface area contributed by atoms with E-state index in [0.717, 1.165) is 0 Å². The van der Waals surface area contributed by atoms with Gasteiger partial charge < -0.3 is 10.1 Å². The smallest absolute Gasteiger partial charge is 0.316 e. The Morgan fingerprint density at radius 2 is 1.61 bits per heavy atom. The third kappa shape index (κ3) is 4.19. The van der Waals surface area contributed by atoms with Crippen LogP contribution in [0.2, 0.25) is 0 Å². The number of nitrogens with one attached hydrogen (secondary N) is 1. The fraction of sp³-hybridized carbons (Fsp3) is 0.263. The number of ether oxygens (including phenoxy) is 1. The number of benzene rings is 2. The van der Waals surface area contributed by atoms with Crippen LogP contribution < -0.4 is 10.1 Å². The molecule has 0 saturated heterocycles. The van der Waals surface area contributed by atoms with Crippen molar-refractivity contribution in [3.8, 4) is 5.75 Å². The molecule has 0 unspecified atom stereocenters. The van der Waals surface area contributed by atoms with Crippen molar-refractivity contribution < 1.29 is 14.3 Å². The largest absolute Gasteiger partial charge is 0.424 e. The van der Waals surface area contributed by atoms with Crippen molar-refractivity contribution in [1.82, 2.24) is 0 Å². The van der Waals surface area contributed by atoms with Crippen LogP contribution in [0.1, 0.15) is 37.6 Å². The number of hydrogen-bond donors (Lipinski definition) is 1. The summed E-state index contributed by atoms with van der Waals surface area (Å²) in [6.07, 6.45) is 0.671. The van der Waals surface area contributed by atoms with Crippen LogP contribution in [0.3, 0.4) is 0 Å². The molecule has 0 aliphatic heterocycles. The average molecular weight is 311 g/mol. The van der Waals surface area contributed by atoms with E-state index in [1.807, 2.05) is 26.8 Å². The Balaban J connectivity index is 2.18. The summed E-state index contributed by atoms with van der Waals surface area (Å²) >= 11 is 0. The van der Waals surface area contributed by atoms with E-state index < -0.39 is 5.41 Å².